The lowest BCUT2D eigenvalue weighted by Gasteiger charge is -2.15. The normalized spacial score (nSPS) is 11.6. The van der Waals surface area contributed by atoms with Crippen LogP contribution in [0.4, 0.5) is 5.69 Å². The summed E-state index contributed by atoms with van der Waals surface area (Å²) >= 11 is 0. The van der Waals surface area contributed by atoms with Crippen molar-refractivity contribution in [2.45, 2.75) is 12.5 Å². The highest BCUT2D eigenvalue weighted by Crippen LogP contribution is 2.16. The number of aliphatic carboxylic acids is 1. The quantitative estimate of drug-likeness (QED) is 0.600. The largest absolute Gasteiger partial charge is 0.480 e. The number of carbonyl (C=O) groups is 1. The third kappa shape index (κ3) is 4.29. The summed E-state index contributed by atoms with van der Waals surface area (Å²) in [4.78, 5) is 26.4. The van der Waals surface area contributed by atoms with Crippen LogP contribution in [0, 0.1) is 10.1 Å². The first-order valence-corrected chi connectivity index (χ1v) is 6.50. The fraction of sp³-hybridized carbons (Fsp3) is 0.133. The number of hydrogen-bond acceptors (Lipinski definition) is 5. The average Bonchev–Trinajstić information content (AvgIpc) is 2.52. The van der Waals surface area contributed by atoms with Gasteiger partial charge in [0.05, 0.1) is 4.92 Å². The van der Waals surface area contributed by atoms with E-state index < -0.39 is 16.9 Å². The van der Waals surface area contributed by atoms with Gasteiger partial charge in [0, 0.05) is 18.6 Å². The summed E-state index contributed by atoms with van der Waals surface area (Å²) in [6, 6.07) is 13.6. The molecule has 0 saturated heterocycles. The van der Waals surface area contributed by atoms with Crippen LogP contribution in [0.5, 0.6) is 5.75 Å². The topological polar surface area (TPSA) is 102 Å². The second-order valence-electron chi connectivity index (χ2n) is 4.55. The molecule has 2 aromatic rings. The number of hydrogen-bond donors (Lipinski definition) is 2. The molecular weight excluding hydrogens is 288 g/mol. The van der Waals surface area contributed by atoms with Crippen molar-refractivity contribution in [1.82, 2.24) is 5.48 Å². The minimum absolute atomic E-state index is 0.0635. The third-order valence-corrected chi connectivity index (χ3v) is 2.95. The van der Waals surface area contributed by atoms with Crippen molar-refractivity contribution in [3.63, 3.8) is 0 Å². The molecule has 0 aliphatic carbocycles. The van der Waals surface area contributed by atoms with E-state index in [-0.39, 0.29) is 12.1 Å². The molecule has 22 heavy (non-hydrogen) atoms. The highest BCUT2D eigenvalue weighted by Gasteiger charge is 2.18. The first-order valence-electron chi connectivity index (χ1n) is 6.50. The van der Waals surface area contributed by atoms with Gasteiger partial charge in [-0.05, 0) is 17.7 Å². The van der Waals surface area contributed by atoms with Crippen molar-refractivity contribution < 1.29 is 19.7 Å². The molecule has 0 heterocycles. The maximum Gasteiger partial charge on any atom is 0.324 e. The molecule has 1 atom stereocenters. The van der Waals surface area contributed by atoms with Gasteiger partial charge in [0.25, 0.3) is 5.69 Å². The second kappa shape index (κ2) is 7.19. The Hall–Kier alpha value is -2.93. The number of nitro benzene ring substituents is 1. The summed E-state index contributed by atoms with van der Waals surface area (Å²) in [6.07, 6.45) is 0.253. The number of nitrogens with one attached hydrogen (secondary N) is 1. The highest BCUT2D eigenvalue weighted by atomic mass is 16.7. The Morgan fingerprint density at radius 1 is 1.18 bits per heavy atom. The zero-order chi connectivity index (χ0) is 15.9. The van der Waals surface area contributed by atoms with E-state index >= 15 is 0 Å². The Labute approximate surface area is 126 Å². The molecule has 0 radical (unpaired) electrons. The summed E-state index contributed by atoms with van der Waals surface area (Å²) in [6.45, 7) is 0. The van der Waals surface area contributed by atoms with Crippen LogP contribution < -0.4 is 10.3 Å². The van der Waals surface area contributed by atoms with Crippen LogP contribution >= 0.6 is 0 Å². The molecule has 0 spiro atoms. The Kier molecular flexibility index (Phi) is 5.05. The second-order valence-corrected chi connectivity index (χ2v) is 4.55. The molecule has 7 nitrogen and oxygen atoms in total. The molecular formula is C15H14N2O5. The molecule has 0 aromatic heterocycles. The van der Waals surface area contributed by atoms with Crippen molar-refractivity contribution in [3.05, 3.63) is 70.3 Å². The number of carboxylic acid groups (broad SMARTS) is 1. The zero-order valence-electron chi connectivity index (χ0n) is 11.5. The van der Waals surface area contributed by atoms with E-state index in [0.29, 0.717) is 5.75 Å². The molecule has 0 aliphatic rings. The Morgan fingerprint density at radius 2 is 1.82 bits per heavy atom. The number of rotatable bonds is 7. The van der Waals surface area contributed by atoms with Gasteiger partial charge in [0.2, 0.25) is 0 Å². The molecule has 114 valence electrons. The average molecular weight is 302 g/mol. The van der Waals surface area contributed by atoms with E-state index in [2.05, 4.69) is 5.48 Å². The van der Waals surface area contributed by atoms with Gasteiger partial charge in [-0.1, -0.05) is 30.3 Å². The van der Waals surface area contributed by atoms with E-state index in [0.717, 1.165) is 5.56 Å². The van der Waals surface area contributed by atoms with E-state index in [4.69, 9.17) is 4.84 Å². The molecule has 0 aliphatic heterocycles. The summed E-state index contributed by atoms with van der Waals surface area (Å²) in [5.41, 5.74) is 3.26. The van der Waals surface area contributed by atoms with Gasteiger partial charge in [0.1, 0.15) is 11.8 Å². The van der Waals surface area contributed by atoms with Gasteiger partial charge in [0.15, 0.2) is 0 Å². The predicted octanol–water partition coefficient (Wildman–Crippen LogP) is 2.17. The van der Waals surface area contributed by atoms with Crippen LogP contribution in [0.3, 0.4) is 0 Å². The standard InChI is InChI=1S/C15H14N2O5/c18-15(19)14(10-11-4-2-1-3-5-11)16-22-13-8-6-12(7-9-13)17(20)21/h1-9,14,16H,10H2,(H,18,19). The molecule has 0 bridgehead atoms. The molecule has 1 unspecified atom stereocenters. The van der Waals surface area contributed by atoms with E-state index in [9.17, 15) is 20.0 Å². The first-order chi connectivity index (χ1) is 10.6. The predicted molar refractivity (Wildman–Crippen MR) is 78.4 cm³/mol. The number of nitrogens with zero attached hydrogens (tertiary/aromatic N) is 1. The lowest BCUT2D eigenvalue weighted by molar-refractivity contribution is -0.384. The molecule has 2 aromatic carbocycles. The van der Waals surface area contributed by atoms with Gasteiger partial charge in [-0.3, -0.25) is 14.9 Å². The number of carboxylic acids is 1. The van der Waals surface area contributed by atoms with Crippen LogP contribution in [0.2, 0.25) is 0 Å². The van der Waals surface area contributed by atoms with E-state index in [1.165, 1.54) is 24.3 Å². The van der Waals surface area contributed by atoms with Crippen LogP contribution in [0.1, 0.15) is 5.56 Å². The molecule has 0 saturated carbocycles. The van der Waals surface area contributed by atoms with Crippen LogP contribution in [-0.4, -0.2) is 22.0 Å². The van der Waals surface area contributed by atoms with E-state index in [1.54, 1.807) is 0 Å². The van der Waals surface area contributed by atoms with Crippen LogP contribution in [0.15, 0.2) is 54.6 Å². The zero-order valence-corrected chi connectivity index (χ0v) is 11.5. The van der Waals surface area contributed by atoms with Gasteiger partial charge >= 0.3 is 5.97 Å². The summed E-state index contributed by atoms with van der Waals surface area (Å²) in [5, 5.41) is 19.7. The van der Waals surface area contributed by atoms with Gasteiger partial charge < -0.3 is 9.94 Å². The minimum atomic E-state index is -1.05. The maximum atomic E-state index is 11.2. The number of hydroxylamine groups is 1. The summed E-state index contributed by atoms with van der Waals surface area (Å²) in [5.74, 6) is -0.754. The Balaban J connectivity index is 1.97. The van der Waals surface area contributed by atoms with Gasteiger partial charge in [-0.2, -0.15) is 0 Å². The van der Waals surface area contributed by atoms with Crippen molar-refractivity contribution in [1.29, 1.82) is 0 Å². The molecule has 0 amide bonds. The maximum absolute atomic E-state index is 11.2. The lowest BCUT2D eigenvalue weighted by atomic mass is 10.1. The van der Waals surface area contributed by atoms with Crippen molar-refractivity contribution in [2.24, 2.45) is 0 Å². The van der Waals surface area contributed by atoms with Crippen molar-refractivity contribution in [2.75, 3.05) is 0 Å². The number of non-ortho nitro benzene ring substituents is 1. The first kappa shape index (κ1) is 15.5. The molecule has 7 heteroatoms. The minimum Gasteiger partial charge on any atom is -0.480 e. The fourth-order valence-corrected chi connectivity index (χ4v) is 1.80. The highest BCUT2D eigenvalue weighted by molar-refractivity contribution is 5.73. The van der Waals surface area contributed by atoms with Gasteiger partial charge in [-0.25, -0.2) is 0 Å². The monoisotopic (exact) mass is 302 g/mol. The number of nitro groups is 1. The molecule has 0 fully saturated rings. The Morgan fingerprint density at radius 3 is 2.36 bits per heavy atom. The Bertz CT molecular complexity index is 643. The SMILES string of the molecule is O=C(O)C(Cc1ccccc1)NOc1ccc([N+](=O)[O-])cc1. The van der Waals surface area contributed by atoms with Crippen LogP contribution in [-0.2, 0) is 11.2 Å². The van der Waals surface area contributed by atoms with E-state index in [1.807, 2.05) is 30.3 Å². The molecule has 2 rings (SSSR count). The summed E-state index contributed by atoms with van der Waals surface area (Å²) < 4.78 is 0. The fourth-order valence-electron chi connectivity index (χ4n) is 1.80. The summed E-state index contributed by atoms with van der Waals surface area (Å²) in [7, 11) is 0. The van der Waals surface area contributed by atoms with Crippen molar-refractivity contribution in [3.8, 4) is 5.75 Å². The lowest BCUT2D eigenvalue weighted by Crippen LogP contribution is -2.40. The van der Waals surface area contributed by atoms with Crippen LogP contribution in [0.25, 0.3) is 0 Å². The molecule has 2 N–H and O–H groups in total. The van der Waals surface area contributed by atoms with Gasteiger partial charge in [-0.15, -0.1) is 5.48 Å². The number of benzene rings is 2. The third-order valence-electron chi connectivity index (χ3n) is 2.95. The van der Waals surface area contributed by atoms with Crippen molar-refractivity contribution >= 4 is 11.7 Å². The smallest absolute Gasteiger partial charge is 0.324 e.